The van der Waals surface area contributed by atoms with E-state index in [1.165, 1.54) is 11.3 Å². The molecule has 0 saturated carbocycles. The maximum absolute atomic E-state index is 13.8. The SMILES string of the molecule is COc1cccc(CN(C(=O)c2cnc(N(C)c3cc(C)nc(C)n3)s2)c2ccccc2C)c1. The van der Waals surface area contributed by atoms with Crippen molar-refractivity contribution in [1.29, 1.82) is 0 Å². The minimum atomic E-state index is -0.107. The summed E-state index contributed by atoms with van der Waals surface area (Å²) >= 11 is 1.34. The Kier molecular flexibility index (Phi) is 6.88. The summed E-state index contributed by atoms with van der Waals surface area (Å²) in [5.41, 5.74) is 3.74. The number of carbonyl (C=O) groups excluding carboxylic acids is 1. The van der Waals surface area contributed by atoms with Gasteiger partial charge in [0.2, 0.25) is 0 Å². The first-order chi connectivity index (χ1) is 16.4. The molecule has 2 heterocycles. The van der Waals surface area contributed by atoms with Crippen molar-refractivity contribution in [2.75, 3.05) is 24.0 Å². The van der Waals surface area contributed by atoms with E-state index in [0.717, 1.165) is 34.1 Å². The molecule has 0 unspecified atom stereocenters. The lowest BCUT2D eigenvalue weighted by molar-refractivity contribution is 0.0988. The zero-order valence-electron chi connectivity index (χ0n) is 19.9. The number of ether oxygens (including phenoxy) is 1. The summed E-state index contributed by atoms with van der Waals surface area (Å²) in [7, 11) is 3.53. The Hall–Kier alpha value is -3.78. The fourth-order valence-electron chi connectivity index (χ4n) is 3.71. The summed E-state index contributed by atoms with van der Waals surface area (Å²) in [5, 5.41) is 0.687. The van der Waals surface area contributed by atoms with Crippen LogP contribution in [0.4, 0.5) is 16.6 Å². The Morgan fingerprint density at radius 3 is 2.56 bits per heavy atom. The number of methoxy groups -OCH3 is 1. The number of hydrogen-bond acceptors (Lipinski definition) is 7. The van der Waals surface area contributed by atoms with Crippen LogP contribution in [0.25, 0.3) is 0 Å². The van der Waals surface area contributed by atoms with Crippen molar-refractivity contribution in [2.24, 2.45) is 0 Å². The maximum atomic E-state index is 13.8. The predicted octanol–water partition coefficient (Wildman–Crippen LogP) is 5.48. The monoisotopic (exact) mass is 473 g/mol. The highest BCUT2D eigenvalue weighted by Crippen LogP contribution is 2.31. The third-order valence-electron chi connectivity index (χ3n) is 5.41. The predicted molar refractivity (Wildman–Crippen MR) is 136 cm³/mol. The quantitative estimate of drug-likeness (QED) is 0.354. The van der Waals surface area contributed by atoms with Crippen LogP contribution in [-0.2, 0) is 6.54 Å². The molecule has 0 saturated heterocycles. The fraction of sp³-hybridized carbons (Fsp3) is 0.231. The molecule has 4 rings (SSSR count). The van der Waals surface area contributed by atoms with Crippen LogP contribution >= 0.6 is 11.3 Å². The van der Waals surface area contributed by atoms with Gasteiger partial charge in [-0.15, -0.1) is 0 Å². The molecule has 7 nitrogen and oxygen atoms in total. The van der Waals surface area contributed by atoms with Crippen molar-refractivity contribution in [1.82, 2.24) is 15.0 Å². The van der Waals surface area contributed by atoms with E-state index in [1.807, 2.05) is 87.3 Å². The average Bonchev–Trinajstić information content (AvgIpc) is 3.32. The Morgan fingerprint density at radius 1 is 1.03 bits per heavy atom. The van der Waals surface area contributed by atoms with Crippen LogP contribution in [0.5, 0.6) is 5.75 Å². The van der Waals surface area contributed by atoms with Crippen molar-refractivity contribution in [3.8, 4) is 5.75 Å². The summed E-state index contributed by atoms with van der Waals surface area (Å²) in [6.45, 7) is 6.21. The number of thiazole rings is 1. The van der Waals surface area contributed by atoms with E-state index in [9.17, 15) is 4.79 Å². The van der Waals surface area contributed by atoms with Crippen molar-refractivity contribution in [3.05, 3.63) is 88.3 Å². The summed E-state index contributed by atoms with van der Waals surface area (Å²) in [6, 6.07) is 17.6. The summed E-state index contributed by atoms with van der Waals surface area (Å²) in [5.74, 6) is 2.08. The molecule has 0 atom stereocenters. The number of rotatable bonds is 7. The molecule has 34 heavy (non-hydrogen) atoms. The number of aromatic nitrogens is 3. The first-order valence-electron chi connectivity index (χ1n) is 10.9. The Labute approximate surface area is 203 Å². The molecule has 2 aromatic heterocycles. The van der Waals surface area contributed by atoms with Crippen molar-refractivity contribution >= 4 is 33.9 Å². The van der Waals surface area contributed by atoms with Crippen LogP contribution in [0.3, 0.4) is 0 Å². The van der Waals surface area contributed by atoms with Gasteiger partial charge in [0.05, 0.1) is 19.9 Å². The molecule has 0 radical (unpaired) electrons. The molecular weight excluding hydrogens is 446 g/mol. The number of carbonyl (C=O) groups is 1. The fourth-order valence-corrected chi connectivity index (χ4v) is 4.54. The first-order valence-corrected chi connectivity index (χ1v) is 11.7. The highest BCUT2D eigenvalue weighted by Gasteiger charge is 2.23. The van der Waals surface area contributed by atoms with Gasteiger partial charge in [-0.3, -0.25) is 4.79 Å². The van der Waals surface area contributed by atoms with Crippen LogP contribution in [0.15, 0.2) is 60.8 Å². The summed E-state index contributed by atoms with van der Waals surface area (Å²) in [6.07, 6.45) is 1.64. The van der Waals surface area contributed by atoms with Crippen LogP contribution in [-0.4, -0.2) is 35.0 Å². The number of nitrogens with zero attached hydrogens (tertiary/aromatic N) is 5. The summed E-state index contributed by atoms with van der Waals surface area (Å²) < 4.78 is 5.37. The van der Waals surface area contributed by atoms with Crippen molar-refractivity contribution in [2.45, 2.75) is 27.3 Å². The lowest BCUT2D eigenvalue weighted by Gasteiger charge is -2.24. The highest BCUT2D eigenvalue weighted by atomic mass is 32.1. The van der Waals surface area contributed by atoms with Gasteiger partial charge >= 0.3 is 0 Å². The molecule has 4 aromatic rings. The Bertz CT molecular complexity index is 1300. The van der Waals surface area contributed by atoms with Gasteiger partial charge in [0.25, 0.3) is 5.91 Å². The smallest absolute Gasteiger partial charge is 0.270 e. The van der Waals surface area contributed by atoms with E-state index in [4.69, 9.17) is 4.74 Å². The van der Waals surface area contributed by atoms with Gasteiger partial charge in [-0.05, 0) is 50.1 Å². The number of aryl methyl sites for hydroxylation is 3. The van der Waals surface area contributed by atoms with Gasteiger partial charge in [0, 0.05) is 24.5 Å². The maximum Gasteiger partial charge on any atom is 0.270 e. The lowest BCUT2D eigenvalue weighted by Crippen LogP contribution is -2.30. The largest absolute Gasteiger partial charge is 0.497 e. The van der Waals surface area contributed by atoms with E-state index in [2.05, 4.69) is 15.0 Å². The van der Waals surface area contributed by atoms with Crippen LogP contribution in [0.2, 0.25) is 0 Å². The average molecular weight is 474 g/mol. The standard InChI is InChI=1S/C26H27N5O2S/c1-17-9-6-7-12-22(17)31(16-20-10-8-11-21(14-20)33-5)25(32)23-15-27-26(34-23)30(4)24-13-18(2)28-19(3)29-24/h6-15H,16H2,1-5H3. The zero-order chi connectivity index (χ0) is 24.2. The topological polar surface area (TPSA) is 71.5 Å². The number of para-hydroxylation sites is 1. The molecule has 0 aliphatic heterocycles. The first kappa shape index (κ1) is 23.4. The van der Waals surface area contributed by atoms with Crippen LogP contribution in [0.1, 0.15) is 32.3 Å². The molecule has 0 aliphatic rings. The van der Waals surface area contributed by atoms with E-state index < -0.39 is 0 Å². The van der Waals surface area contributed by atoms with Gasteiger partial charge in [-0.25, -0.2) is 15.0 Å². The molecule has 1 amide bonds. The van der Waals surface area contributed by atoms with Gasteiger partial charge in [-0.1, -0.05) is 41.7 Å². The zero-order valence-corrected chi connectivity index (χ0v) is 20.8. The van der Waals surface area contributed by atoms with Gasteiger partial charge in [0.1, 0.15) is 22.3 Å². The third kappa shape index (κ3) is 5.07. The minimum Gasteiger partial charge on any atom is -0.497 e. The number of benzene rings is 2. The minimum absolute atomic E-state index is 0.107. The van der Waals surface area contributed by atoms with Gasteiger partial charge in [0.15, 0.2) is 5.13 Å². The van der Waals surface area contributed by atoms with E-state index in [-0.39, 0.29) is 5.91 Å². The second-order valence-electron chi connectivity index (χ2n) is 8.01. The van der Waals surface area contributed by atoms with Crippen molar-refractivity contribution in [3.63, 3.8) is 0 Å². The molecular formula is C26H27N5O2S. The molecule has 2 aromatic carbocycles. The van der Waals surface area contributed by atoms with Crippen LogP contribution in [0, 0.1) is 20.8 Å². The van der Waals surface area contributed by atoms with Gasteiger partial charge in [-0.2, -0.15) is 0 Å². The molecule has 0 aliphatic carbocycles. The van der Waals surface area contributed by atoms with Crippen molar-refractivity contribution < 1.29 is 9.53 Å². The molecule has 0 bridgehead atoms. The molecule has 0 N–H and O–H groups in total. The molecule has 0 spiro atoms. The Morgan fingerprint density at radius 2 is 1.82 bits per heavy atom. The van der Waals surface area contributed by atoms with E-state index in [0.29, 0.717) is 22.4 Å². The molecule has 0 fully saturated rings. The number of amides is 1. The second kappa shape index (κ2) is 10.0. The Balaban J connectivity index is 1.66. The van der Waals surface area contributed by atoms with E-state index in [1.54, 1.807) is 18.2 Å². The number of anilines is 3. The van der Waals surface area contributed by atoms with Gasteiger partial charge < -0.3 is 14.5 Å². The normalized spacial score (nSPS) is 10.7. The lowest BCUT2D eigenvalue weighted by atomic mass is 10.1. The third-order valence-corrected chi connectivity index (χ3v) is 6.48. The molecule has 8 heteroatoms. The molecule has 174 valence electrons. The van der Waals surface area contributed by atoms with E-state index >= 15 is 0 Å². The highest BCUT2D eigenvalue weighted by molar-refractivity contribution is 7.17. The number of hydrogen-bond donors (Lipinski definition) is 0. The summed E-state index contributed by atoms with van der Waals surface area (Å²) in [4.78, 5) is 31.3. The second-order valence-corrected chi connectivity index (χ2v) is 9.02. The van der Waals surface area contributed by atoms with Crippen LogP contribution < -0.4 is 14.5 Å².